The summed E-state index contributed by atoms with van der Waals surface area (Å²) in [4.78, 5) is 16.1. The maximum Gasteiger partial charge on any atom is 0.253 e. The van der Waals surface area contributed by atoms with E-state index in [1.807, 2.05) is 24.3 Å². The van der Waals surface area contributed by atoms with Crippen LogP contribution >= 0.6 is 0 Å². The minimum absolute atomic E-state index is 0.0701. The van der Waals surface area contributed by atoms with E-state index in [0.29, 0.717) is 11.6 Å². The van der Waals surface area contributed by atoms with Crippen molar-refractivity contribution in [3.05, 3.63) is 48.3 Å². The number of nitrogens with zero attached hydrogens (tertiary/aromatic N) is 1. The molecule has 0 spiro atoms. The van der Waals surface area contributed by atoms with Crippen LogP contribution in [-0.2, 0) is 0 Å². The van der Waals surface area contributed by atoms with Crippen molar-refractivity contribution < 1.29 is 9.53 Å². The second-order valence-electron chi connectivity index (χ2n) is 5.07. The number of hydrogen-bond acceptors (Lipinski definition) is 4. The van der Waals surface area contributed by atoms with Gasteiger partial charge in [-0.15, -0.1) is 0 Å². The summed E-state index contributed by atoms with van der Waals surface area (Å²) in [6.45, 7) is 0. The van der Waals surface area contributed by atoms with Gasteiger partial charge in [0, 0.05) is 24.0 Å². The largest absolute Gasteiger partial charge is 0.497 e. The first-order valence-electron chi connectivity index (χ1n) is 6.91. The topological polar surface area (TPSA) is 63.2 Å². The predicted octanol–water partition coefficient (Wildman–Crippen LogP) is 2.73. The summed E-state index contributed by atoms with van der Waals surface area (Å²) in [6.07, 6.45) is 5.41. The highest BCUT2D eigenvalue weighted by Crippen LogP contribution is 2.22. The number of rotatable bonds is 5. The van der Waals surface area contributed by atoms with Gasteiger partial charge in [0.05, 0.1) is 24.6 Å². The number of nitrogens with one attached hydrogen (secondary N) is 2. The summed E-state index contributed by atoms with van der Waals surface area (Å²) < 4.78 is 5.19. The zero-order chi connectivity index (χ0) is 14.7. The zero-order valence-corrected chi connectivity index (χ0v) is 11.8. The van der Waals surface area contributed by atoms with Crippen molar-refractivity contribution >= 4 is 17.3 Å². The lowest BCUT2D eigenvalue weighted by Gasteiger charge is -2.09. The van der Waals surface area contributed by atoms with Crippen LogP contribution in [0.3, 0.4) is 0 Å². The number of ether oxygens (including phenoxy) is 1. The van der Waals surface area contributed by atoms with Crippen LogP contribution in [0.4, 0.5) is 11.4 Å². The first-order chi connectivity index (χ1) is 10.2. The number of anilines is 2. The van der Waals surface area contributed by atoms with E-state index in [0.717, 1.165) is 30.0 Å². The normalized spacial score (nSPS) is 13.6. The Hall–Kier alpha value is -2.56. The maximum absolute atomic E-state index is 12.0. The predicted molar refractivity (Wildman–Crippen MR) is 81.0 cm³/mol. The fourth-order valence-electron chi connectivity index (χ4n) is 2.00. The number of carbonyl (C=O) groups is 1. The van der Waals surface area contributed by atoms with Crippen molar-refractivity contribution in [3.63, 3.8) is 0 Å². The standard InChI is InChI=1S/C16H17N3O2/c1-21-15-4-2-3-13(8-15)18-14-7-11(9-17-10-14)16(20)19-12-5-6-12/h2-4,7-10,12,18H,5-6H2,1H3,(H,19,20). The number of hydrogen-bond donors (Lipinski definition) is 2. The molecule has 0 bridgehead atoms. The van der Waals surface area contributed by atoms with Gasteiger partial charge in [-0.1, -0.05) is 6.07 Å². The Kier molecular flexibility index (Phi) is 3.73. The molecule has 0 unspecified atom stereocenters. The van der Waals surface area contributed by atoms with Crippen LogP contribution in [0.2, 0.25) is 0 Å². The molecule has 21 heavy (non-hydrogen) atoms. The van der Waals surface area contributed by atoms with E-state index in [9.17, 15) is 4.79 Å². The molecule has 2 aromatic rings. The molecule has 1 aliphatic rings. The molecule has 1 saturated carbocycles. The Bertz CT molecular complexity index is 653. The highest BCUT2D eigenvalue weighted by Gasteiger charge is 2.23. The third-order valence-corrected chi connectivity index (χ3v) is 3.27. The SMILES string of the molecule is COc1cccc(Nc2cncc(C(=O)NC3CC3)c2)c1. The van der Waals surface area contributed by atoms with Crippen molar-refractivity contribution in [2.75, 3.05) is 12.4 Å². The fourth-order valence-corrected chi connectivity index (χ4v) is 2.00. The number of benzene rings is 1. The maximum atomic E-state index is 12.0. The highest BCUT2D eigenvalue weighted by atomic mass is 16.5. The monoisotopic (exact) mass is 283 g/mol. The quantitative estimate of drug-likeness (QED) is 0.885. The van der Waals surface area contributed by atoms with Gasteiger partial charge in [-0.2, -0.15) is 0 Å². The van der Waals surface area contributed by atoms with Gasteiger partial charge in [0.25, 0.3) is 5.91 Å². The van der Waals surface area contributed by atoms with Crippen molar-refractivity contribution in [1.29, 1.82) is 0 Å². The van der Waals surface area contributed by atoms with Gasteiger partial charge < -0.3 is 15.4 Å². The number of pyridine rings is 1. The highest BCUT2D eigenvalue weighted by molar-refractivity contribution is 5.95. The van der Waals surface area contributed by atoms with Gasteiger partial charge in [0.2, 0.25) is 0 Å². The fraction of sp³-hybridized carbons (Fsp3) is 0.250. The molecule has 2 N–H and O–H groups in total. The van der Waals surface area contributed by atoms with Gasteiger partial charge in [-0.3, -0.25) is 9.78 Å². The second-order valence-corrected chi connectivity index (χ2v) is 5.07. The third kappa shape index (κ3) is 3.51. The third-order valence-electron chi connectivity index (χ3n) is 3.27. The lowest BCUT2D eigenvalue weighted by atomic mass is 10.2. The van der Waals surface area contributed by atoms with Gasteiger partial charge in [-0.25, -0.2) is 0 Å². The van der Waals surface area contributed by atoms with Crippen LogP contribution in [0.25, 0.3) is 0 Å². The van der Waals surface area contributed by atoms with Gasteiger partial charge in [0.1, 0.15) is 5.75 Å². The van der Waals surface area contributed by atoms with Crippen molar-refractivity contribution in [2.45, 2.75) is 18.9 Å². The molecule has 0 radical (unpaired) electrons. The molecule has 0 atom stereocenters. The zero-order valence-electron chi connectivity index (χ0n) is 11.8. The van der Waals surface area contributed by atoms with Crippen molar-refractivity contribution in [2.24, 2.45) is 0 Å². The summed E-state index contributed by atoms with van der Waals surface area (Å²) in [6, 6.07) is 9.73. The lowest BCUT2D eigenvalue weighted by molar-refractivity contribution is 0.0951. The van der Waals surface area contributed by atoms with Gasteiger partial charge >= 0.3 is 0 Å². The van der Waals surface area contributed by atoms with Crippen LogP contribution in [0, 0.1) is 0 Å². The molecule has 1 heterocycles. The molecule has 1 aromatic heterocycles. The van der Waals surface area contributed by atoms with E-state index in [1.165, 1.54) is 0 Å². The number of aromatic nitrogens is 1. The Morgan fingerprint density at radius 1 is 1.24 bits per heavy atom. The average molecular weight is 283 g/mol. The summed E-state index contributed by atoms with van der Waals surface area (Å²) in [5, 5.41) is 6.17. The van der Waals surface area contributed by atoms with Crippen LogP contribution in [0.1, 0.15) is 23.2 Å². The molecule has 0 saturated heterocycles. The average Bonchev–Trinajstić information content (AvgIpc) is 3.31. The summed E-state index contributed by atoms with van der Waals surface area (Å²) in [5.74, 6) is 0.704. The Balaban J connectivity index is 1.74. The molecule has 1 aromatic carbocycles. The molecule has 1 aliphatic carbocycles. The Morgan fingerprint density at radius 3 is 2.86 bits per heavy atom. The van der Waals surface area contributed by atoms with Crippen molar-refractivity contribution in [3.8, 4) is 5.75 Å². The van der Waals surface area contributed by atoms with Gasteiger partial charge in [-0.05, 0) is 31.0 Å². The summed E-state index contributed by atoms with van der Waals surface area (Å²) in [7, 11) is 1.63. The van der Waals surface area contributed by atoms with Crippen LogP contribution in [0.15, 0.2) is 42.7 Å². The van der Waals surface area contributed by atoms with Crippen LogP contribution in [0.5, 0.6) is 5.75 Å². The molecule has 108 valence electrons. The number of methoxy groups -OCH3 is 1. The summed E-state index contributed by atoms with van der Waals surface area (Å²) >= 11 is 0. The van der Waals surface area contributed by atoms with Crippen LogP contribution in [-0.4, -0.2) is 24.0 Å². The van der Waals surface area contributed by atoms with E-state index in [1.54, 1.807) is 25.6 Å². The lowest BCUT2D eigenvalue weighted by Crippen LogP contribution is -2.25. The van der Waals surface area contributed by atoms with Crippen molar-refractivity contribution in [1.82, 2.24) is 10.3 Å². The van der Waals surface area contributed by atoms with E-state index in [2.05, 4.69) is 15.6 Å². The minimum atomic E-state index is -0.0701. The van der Waals surface area contributed by atoms with E-state index >= 15 is 0 Å². The Labute approximate surface area is 123 Å². The first kappa shape index (κ1) is 13.4. The molecule has 3 rings (SSSR count). The second kappa shape index (κ2) is 5.83. The first-order valence-corrected chi connectivity index (χ1v) is 6.91. The van der Waals surface area contributed by atoms with E-state index < -0.39 is 0 Å². The molecule has 5 heteroatoms. The molecule has 1 fully saturated rings. The Morgan fingerprint density at radius 2 is 2.10 bits per heavy atom. The summed E-state index contributed by atoms with van der Waals surface area (Å²) in [5.41, 5.74) is 2.22. The molecular formula is C16H17N3O2. The number of amides is 1. The van der Waals surface area contributed by atoms with Crippen LogP contribution < -0.4 is 15.4 Å². The minimum Gasteiger partial charge on any atom is -0.497 e. The van der Waals surface area contributed by atoms with E-state index in [4.69, 9.17) is 4.74 Å². The molecule has 0 aliphatic heterocycles. The van der Waals surface area contributed by atoms with E-state index in [-0.39, 0.29) is 5.91 Å². The molecule has 1 amide bonds. The molecule has 5 nitrogen and oxygen atoms in total. The number of carbonyl (C=O) groups excluding carboxylic acids is 1. The smallest absolute Gasteiger partial charge is 0.253 e. The molecular weight excluding hydrogens is 266 g/mol. The van der Waals surface area contributed by atoms with Gasteiger partial charge in [0.15, 0.2) is 0 Å².